The van der Waals surface area contributed by atoms with Gasteiger partial charge < -0.3 is 5.32 Å². The Hall–Kier alpha value is -1.73. The van der Waals surface area contributed by atoms with Gasteiger partial charge in [0.25, 0.3) is 0 Å². The van der Waals surface area contributed by atoms with Crippen LogP contribution in [0.3, 0.4) is 0 Å². The maximum atomic E-state index is 12.2. The minimum Gasteiger partial charge on any atom is -0.347 e. The average molecular weight is 349 g/mol. The monoisotopic (exact) mass is 349 g/mol. The smallest absolute Gasteiger partial charge is 0.244 e. The molecule has 24 heavy (non-hydrogen) atoms. The third kappa shape index (κ3) is 4.42. The summed E-state index contributed by atoms with van der Waals surface area (Å²) in [4.78, 5) is 18.3. The fourth-order valence-electron chi connectivity index (χ4n) is 3.45. The van der Waals surface area contributed by atoms with Crippen LogP contribution >= 0.6 is 0 Å². The Morgan fingerprint density at radius 3 is 2.58 bits per heavy atom. The first-order valence-electron chi connectivity index (χ1n) is 8.37. The van der Waals surface area contributed by atoms with Crippen molar-refractivity contribution in [2.45, 2.75) is 31.3 Å². The maximum absolute atomic E-state index is 12.2. The van der Waals surface area contributed by atoms with E-state index in [1.165, 1.54) is 12.5 Å². The van der Waals surface area contributed by atoms with Gasteiger partial charge in [0.1, 0.15) is 0 Å². The first-order valence-corrected chi connectivity index (χ1v) is 10.2. The summed E-state index contributed by atoms with van der Waals surface area (Å²) in [7, 11) is -3.10. The van der Waals surface area contributed by atoms with Gasteiger partial charge in [-0.25, -0.2) is 8.42 Å². The number of hydrogen-bond acceptors (Lipinski definition) is 5. The highest BCUT2D eigenvalue weighted by atomic mass is 32.2. The Balaban J connectivity index is 1.65. The summed E-state index contributed by atoms with van der Waals surface area (Å²) < 4.78 is 24.1. The molecular weight excluding hydrogens is 326 g/mol. The lowest BCUT2D eigenvalue weighted by Crippen LogP contribution is -2.52. The van der Waals surface area contributed by atoms with Crippen LogP contribution < -0.4 is 5.32 Å². The van der Waals surface area contributed by atoms with Crippen LogP contribution in [0.5, 0.6) is 0 Å². The highest BCUT2D eigenvalue weighted by Crippen LogP contribution is 2.22. The minimum absolute atomic E-state index is 0.0308. The van der Waals surface area contributed by atoms with Crippen LogP contribution in [0, 0.1) is 0 Å². The molecule has 0 unspecified atom stereocenters. The van der Waals surface area contributed by atoms with Gasteiger partial charge in [-0.15, -0.1) is 0 Å². The van der Waals surface area contributed by atoms with E-state index in [0.29, 0.717) is 0 Å². The summed E-state index contributed by atoms with van der Waals surface area (Å²) in [6.45, 7) is 1.83. The summed E-state index contributed by atoms with van der Waals surface area (Å²) in [6, 6.07) is 3.18. The first-order chi connectivity index (χ1) is 11.5. The number of amides is 1. The van der Waals surface area contributed by atoms with Gasteiger partial charge >= 0.3 is 0 Å². The predicted molar refractivity (Wildman–Crippen MR) is 93.1 cm³/mol. The standard InChI is InChI=1S/C17H23N3O3S/c21-17(5-4-14-6-8-18-9-7-14)19-15-12-24(22,23)13-16(15)20-10-2-1-3-11-20/h4-9,15-16H,1-3,10-13H2,(H,19,21)/b5-4-/t15-,16-/m1/s1. The number of pyridine rings is 1. The number of nitrogens with one attached hydrogen (secondary N) is 1. The molecule has 0 saturated carbocycles. The Bertz CT molecular complexity index is 697. The Labute approximate surface area is 142 Å². The molecule has 3 heterocycles. The van der Waals surface area contributed by atoms with Crippen LogP contribution in [0.25, 0.3) is 6.08 Å². The molecular formula is C17H23N3O3S. The van der Waals surface area contributed by atoms with Crippen molar-refractivity contribution in [3.63, 3.8) is 0 Å². The summed E-state index contributed by atoms with van der Waals surface area (Å²) >= 11 is 0. The van der Waals surface area contributed by atoms with Crippen molar-refractivity contribution < 1.29 is 13.2 Å². The topological polar surface area (TPSA) is 79.4 Å². The summed E-state index contributed by atoms with van der Waals surface area (Å²) in [5, 5.41) is 2.89. The lowest BCUT2D eigenvalue weighted by atomic mass is 10.0. The molecule has 3 rings (SSSR count). The summed E-state index contributed by atoms with van der Waals surface area (Å²) in [6.07, 6.45) is 9.87. The van der Waals surface area contributed by atoms with E-state index < -0.39 is 9.84 Å². The fraction of sp³-hybridized carbons (Fsp3) is 0.529. The quantitative estimate of drug-likeness (QED) is 0.816. The van der Waals surface area contributed by atoms with E-state index in [-0.39, 0.29) is 29.5 Å². The first kappa shape index (κ1) is 17.1. The van der Waals surface area contributed by atoms with Gasteiger partial charge in [-0.1, -0.05) is 6.42 Å². The third-order valence-corrected chi connectivity index (χ3v) is 6.36. The number of carbonyl (C=O) groups is 1. The number of likely N-dealkylation sites (tertiary alicyclic amines) is 1. The molecule has 7 heteroatoms. The molecule has 2 aliphatic rings. The summed E-state index contributed by atoms with van der Waals surface area (Å²) in [5.41, 5.74) is 0.881. The lowest BCUT2D eigenvalue weighted by Gasteiger charge is -2.34. The summed E-state index contributed by atoms with van der Waals surface area (Å²) in [5.74, 6) is -0.0782. The largest absolute Gasteiger partial charge is 0.347 e. The van der Waals surface area contributed by atoms with Crippen molar-refractivity contribution >= 4 is 21.8 Å². The molecule has 2 fully saturated rings. The van der Waals surface area contributed by atoms with Gasteiger partial charge in [0.15, 0.2) is 9.84 Å². The average Bonchev–Trinajstić information content (AvgIpc) is 2.89. The molecule has 1 aromatic heterocycles. The van der Waals surface area contributed by atoms with Crippen LogP contribution in [-0.4, -0.2) is 60.9 Å². The Morgan fingerprint density at radius 1 is 1.17 bits per heavy atom. The van der Waals surface area contributed by atoms with Crippen LogP contribution in [0.15, 0.2) is 30.6 Å². The molecule has 0 bridgehead atoms. The molecule has 2 saturated heterocycles. The predicted octanol–water partition coefficient (Wildman–Crippen LogP) is 0.862. The van der Waals surface area contributed by atoms with E-state index in [1.54, 1.807) is 30.6 Å². The Morgan fingerprint density at radius 2 is 1.88 bits per heavy atom. The van der Waals surface area contributed by atoms with Crippen molar-refractivity contribution in [1.82, 2.24) is 15.2 Å². The molecule has 0 spiro atoms. The van der Waals surface area contributed by atoms with Crippen molar-refractivity contribution in [3.05, 3.63) is 36.2 Å². The molecule has 2 aliphatic heterocycles. The van der Waals surface area contributed by atoms with Crippen LogP contribution in [0.4, 0.5) is 0 Å². The van der Waals surface area contributed by atoms with Crippen molar-refractivity contribution in [3.8, 4) is 0 Å². The zero-order valence-electron chi connectivity index (χ0n) is 13.6. The number of carbonyl (C=O) groups excluding carboxylic acids is 1. The maximum Gasteiger partial charge on any atom is 0.244 e. The zero-order chi connectivity index (χ0) is 17.0. The van der Waals surface area contributed by atoms with Gasteiger partial charge in [0.2, 0.25) is 5.91 Å². The van der Waals surface area contributed by atoms with Crippen molar-refractivity contribution in [2.24, 2.45) is 0 Å². The number of nitrogens with zero attached hydrogens (tertiary/aromatic N) is 2. The molecule has 6 nitrogen and oxygen atoms in total. The Kier molecular flexibility index (Phi) is 5.30. The van der Waals surface area contributed by atoms with Gasteiger partial charge in [-0.05, 0) is 49.7 Å². The van der Waals surface area contributed by atoms with Crippen molar-refractivity contribution in [1.29, 1.82) is 0 Å². The second kappa shape index (κ2) is 7.44. The number of rotatable bonds is 4. The van der Waals surface area contributed by atoms with Crippen LogP contribution in [-0.2, 0) is 14.6 Å². The molecule has 1 N–H and O–H groups in total. The van der Waals surface area contributed by atoms with Crippen LogP contribution in [0.2, 0.25) is 0 Å². The van der Waals surface area contributed by atoms with E-state index >= 15 is 0 Å². The second-order valence-electron chi connectivity index (χ2n) is 6.47. The van der Waals surface area contributed by atoms with Crippen LogP contribution in [0.1, 0.15) is 24.8 Å². The molecule has 130 valence electrons. The molecule has 1 aromatic rings. The highest BCUT2D eigenvalue weighted by Gasteiger charge is 2.41. The van der Waals surface area contributed by atoms with E-state index in [0.717, 1.165) is 31.5 Å². The highest BCUT2D eigenvalue weighted by molar-refractivity contribution is 7.91. The van der Waals surface area contributed by atoms with E-state index in [9.17, 15) is 13.2 Å². The van der Waals surface area contributed by atoms with Gasteiger partial charge in [-0.2, -0.15) is 0 Å². The van der Waals surface area contributed by atoms with Gasteiger partial charge in [0.05, 0.1) is 17.5 Å². The fourth-order valence-corrected chi connectivity index (χ4v) is 5.41. The minimum atomic E-state index is -3.10. The number of hydrogen-bond donors (Lipinski definition) is 1. The SMILES string of the molecule is O=C(/C=C\c1ccncc1)N[C@@H]1CS(=O)(=O)C[C@H]1N1CCCCC1. The van der Waals surface area contributed by atoms with Gasteiger partial charge in [0, 0.05) is 24.5 Å². The molecule has 0 radical (unpaired) electrons. The number of piperidine rings is 1. The normalized spacial score (nSPS) is 27.3. The lowest BCUT2D eigenvalue weighted by molar-refractivity contribution is -0.117. The number of sulfone groups is 1. The van der Waals surface area contributed by atoms with E-state index in [1.807, 2.05) is 0 Å². The number of aromatic nitrogens is 1. The van der Waals surface area contributed by atoms with E-state index in [2.05, 4.69) is 15.2 Å². The van der Waals surface area contributed by atoms with Gasteiger partial charge in [-0.3, -0.25) is 14.7 Å². The molecule has 0 aliphatic carbocycles. The molecule has 2 atom stereocenters. The molecule has 1 amide bonds. The molecule has 0 aromatic carbocycles. The third-order valence-electron chi connectivity index (χ3n) is 4.64. The van der Waals surface area contributed by atoms with Crippen molar-refractivity contribution in [2.75, 3.05) is 24.6 Å². The second-order valence-corrected chi connectivity index (χ2v) is 8.62. The zero-order valence-corrected chi connectivity index (χ0v) is 14.4. The van der Waals surface area contributed by atoms with E-state index in [4.69, 9.17) is 0 Å².